The van der Waals surface area contributed by atoms with Gasteiger partial charge >= 0.3 is 0 Å². The summed E-state index contributed by atoms with van der Waals surface area (Å²) < 4.78 is 1.91. The van der Waals surface area contributed by atoms with E-state index in [0.717, 1.165) is 31.7 Å². The van der Waals surface area contributed by atoms with Crippen LogP contribution >= 0.6 is 31.9 Å². The van der Waals surface area contributed by atoms with Gasteiger partial charge in [-0.15, -0.1) is 0 Å². The maximum atomic E-state index is 9.24. The molecule has 0 saturated carbocycles. The number of aromatic nitrogens is 1. The van der Waals surface area contributed by atoms with Crippen molar-refractivity contribution in [2.24, 2.45) is 0 Å². The summed E-state index contributed by atoms with van der Waals surface area (Å²) in [6.07, 6.45) is 0. The first-order valence-corrected chi connectivity index (χ1v) is 7.20. The molecular weight excluding hydrogens is 370 g/mol. The van der Waals surface area contributed by atoms with Crippen LogP contribution < -0.4 is 5.32 Å². The number of rotatable bonds is 2. The van der Waals surface area contributed by atoms with Crippen molar-refractivity contribution >= 4 is 43.2 Å². The molecule has 0 saturated heterocycles. The highest BCUT2D eigenvalue weighted by molar-refractivity contribution is 9.11. The lowest BCUT2D eigenvalue weighted by Crippen LogP contribution is -2.00. The molecule has 2 aromatic rings. The van der Waals surface area contributed by atoms with Crippen molar-refractivity contribution in [3.63, 3.8) is 0 Å². The van der Waals surface area contributed by atoms with Gasteiger partial charge in [0.1, 0.15) is 6.07 Å². The Labute approximate surface area is 128 Å². The molecule has 0 spiro atoms. The highest BCUT2D eigenvalue weighted by atomic mass is 79.9. The number of nitrogens with one attached hydrogen (secondary N) is 1. The van der Waals surface area contributed by atoms with Crippen LogP contribution in [0.4, 0.5) is 11.4 Å². The van der Waals surface area contributed by atoms with E-state index in [0.29, 0.717) is 5.56 Å². The van der Waals surface area contributed by atoms with Crippen molar-refractivity contribution in [1.29, 1.82) is 5.26 Å². The first-order chi connectivity index (χ1) is 9.01. The molecule has 0 bridgehead atoms. The molecule has 19 heavy (non-hydrogen) atoms. The Hall–Kier alpha value is -1.38. The number of halogens is 2. The molecule has 2 rings (SSSR count). The second kappa shape index (κ2) is 5.72. The zero-order chi connectivity index (χ0) is 14.0. The Kier molecular flexibility index (Phi) is 4.23. The van der Waals surface area contributed by atoms with Gasteiger partial charge < -0.3 is 5.32 Å². The number of hydrogen-bond acceptors (Lipinski definition) is 3. The minimum Gasteiger partial charge on any atom is -0.353 e. The zero-order valence-electron chi connectivity index (χ0n) is 10.5. The van der Waals surface area contributed by atoms with Gasteiger partial charge in [0.25, 0.3) is 0 Å². The van der Waals surface area contributed by atoms with Crippen molar-refractivity contribution in [2.75, 3.05) is 5.32 Å². The molecule has 0 aliphatic rings. The SMILES string of the molecule is Cc1cc(Nc2cc(Br)ccc2Br)c(C#N)c(C)n1. The number of pyridine rings is 1. The fraction of sp³-hybridized carbons (Fsp3) is 0.143. The van der Waals surface area contributed by atoms with E-state index < -0.39 is 0 Å². The molecule has 5 heteroatoms. The Morgan fingerprint density at radius 2 is 1.89 bits per heavy atom. The molecule has 3 nitrogen and oxygen atoms in total. The van der Waals surface area contributed by atoms with E-state index in [2.05, 4.69) is 48.2 Å². The molecule has 0 unspecified atom stereocenters. The topological polar surface area (TPSA) is 48.7 Å². The second-order valence-electron chi connectivity index (χ2n) is 4.13. The van der Waals surface area contributed by atoms with Crippen LogP contribution in [0.5, 0.6) is 0 Å². The highest BCUT2D eigenvalue weighted by Gasteiger charge is 2.10. The second-order valence-corrected chi connectivity index (χ2v) is 5.90. The summed E-state index contributed by atoms with van der Waals surface area (Å²) in [7, 11) is 0. The third-order valence-corrected chi connectivity index (χ3v) is 3.82. The summed E-state index contributed by atoms with van der Waals surface area (Å²) in [5.74, 6) is 0. The van der Waals surface area contributed by atoms with Gasteiger partial charge in [-0.2, -0.15) is 5.26 Å². The molecular formula is C14H11Br2N3. The highest BCUT2D eigenvalue weighted by Crippen LogP contribution is 2.30. The molecule has 0 radical (unpaired) electrons. The molecule has 96 valence electrons. The number of hydrogen-bond donors (Lipinski definition) is 1. The summed E-state index contributed by atoms with van der Waals surface area (Å²) in [4.78, 5) is 4.30. The monoisotopic (exact) mass is 379 g/mol. The van der Waals surface area contributed by atoms with E-state index in [1.165, 1.54) is 0 Å². The Balaban J connectivity index is 2.49. The summed E-state index contributed by atoms with van der Waals surface area (Å²) in [6.45, 7) is 3.75. The van der Waals surface area contributed by atoms with Crippen molar-refractivity contribution in [3.05, 3.63) is 50.2 Å². The van der Waals surface area contributed by atoms with E-state index in [1.54, 1.807) is 0 Å². The predicted molar refractivity (Wildman–Crippen MR) is 83.6 cm³/mol. The van der Waals surface area contributed by atoms with E-state index in [9.17, 15) is 5.26 Å². The van der Waals surface area contributed by atoms with Gasteiger partial charge in [0.2, 0.25) is 0 Å². The van der Waals surface area contributed by atoms with Gasteiger partial charge in [-0.25, -0.2) is 0 Å². The van der Waals surface area contributed by atoms with Gasteiger partial charge in [0.05, 0.1) is 22.6 Å². The molecule has 0 amide bonds. The average molecular weight is 381 g/mol. The molecule has 1 aromatic heterocycles. The Morgan fingerprint density at radius 3 is 2.58 bits per heavy atom. The lowest BCUT2D eigenvalue weighted by Gasteiger charge is -2.12. The van der Waals surface area contributed by atoms with Gasteiger partial charge in [-0.1, -0.05) is 15.9 Å². The fourth-order valence-corrected chi connectivity index (χ4v) is 2.51. The van der Waals surface area contributed by atoms with E-state index in [4.69, 9.17) is 0 Å². The Morgan fingerprint density at radius 1 is 1.16 bits per heavy atom. The lowest BCUT2D eigenvalue weighted by atomic mass is 10.1. The van der Waals surface area contributed by atoms with Gasteiger partial charge in [-0.3, -0.25) is 4.98 Å². The molecule has 0 atom stereocenters. The largest absolute Gasteiger partial charge is 0.353 e. The molecule has 0 fully saturated rings. The smallest absolute Gasteiger partial charge is 0.103 e. The van der Waals surface area contributed by atoms with Gasteiger partial charge in [0, 0.05) is 14.6 Å². The molecule has 0 aliphatic carbocycles. The van der Waals surface area contributed by atoms with Crippen LogP contribution in [-0.4, -0.2) is 4.98 Å². The number of nitriles is 1. The van der Waals surface area contributed by atoms with Crippen LogP contribution in [0.2, 0.25) is 0 Å². The van der Waals surface area contributed by atoms with Crippen molar-refractivity contribution in [1.82, 2.24) is 4.98 Å². The van der Waals surface area contributed by atoms with Gasteiger partial charge in [0.15, 0.2) is 0 Å². The standard InChI is InChI=1S/C14H11Br2N3/c1-8-5-13(11(7-17)9(2)18-8)19-14-6-10(15)3-4-12(14)16/h3-6H,1-2H3,(H,18,19). The summed E-state index contributed by atoms with van der Waals surface area (Å²) in [5, 5.41) is 12.5. The van der Waals surface area contributed by atoms with Crippen LogP contribution in [0.1, 0.15) is 17.0 Å². The summed E-state index contributed by atoms with van der Waals surface area (Å²) >= 11 is 6.93. The van der Waals surface area contributed by atoms with Crippen molar-refractivity contribution in [3.8, 4) is 6.07 Å². The third kappa shape index (κ3) is 3.14. The van der Waals surface area contributed by atoms with Crippen molar-refractivity contribution < 1.29 is 0 Å². The molecule has 1 N–H and O–H groups in total. The van der Waals surface area contributed by atoms with Crippen LogP contribution in [0.15, 0.2) is 33.2 Å². The lowest BCUT2D eigenvalue weighted by molar-refractivity contribution is 1.11. The van der Waals surface area contributed by atoms with Crippen LogP contribution in [-0.2, 0) is 0 Å². The number of benzene rings is 1. The minimum absolute atomic E-state index is 0.567. The van der Waals surface area contributed by atoms with E-state index in [1.807, 2.05) is 38.1 Å². The van der Waals surface area contributed by atoms with Crippen molar-refractivity contribution in [2.45, 2.75) is 13.8 Å². The molecule has 1 aromatic carbocycles. The quantitative estimate of drug-likeness (QED) is 0.810. The van der Waals surface area contributed by atoms with Crippen LogP contribution in [0, 0.1) is 25.2 Å². The Bertz CT molecular complexity index is 675. The first kappa shape index (κ1) is 14.0. The number of nitrogens with zero attached hydrogens (tertiary/aromatic N) is 2. The van der Waals surface area contributed by atoms with Crippen LogP contribution in [0.25, 0.3) is 0 Å². The normalized spacial score (nSPS) is 10.1. The third-order valence-electron chi connectivity index (χ3n) is 2.64. The van der Waals surface area contributed by atoms with Crippen LogP contribution in [0.3, 0.4) is 0 Å². The maximum Gasteiger partial charge on any atom is 0.103 e. The van der Waals surface area contributed by atoms with E-state index in [-0.39, 0.29) is 0 Å². The number of aryl methyl sites for hydroxylation is 2. The first-order valence-electron chi connectivity index (χ1n) is 5.61. The summed E-state index contributed by atoms with van der Waals surface area (Å²) in [5.41, 5.74) is 3.85. The zero-order valence-corrected chi connectivity index (χ0v) is 13.6. The predicted octanol–water partition coefficient (Wildman–Crippen LogP) is 4.84. The number of anilines is 2. The molecule has 1 heterocycles. The van der Waals surface area contributed by atoms with Gasteiger partial charge in [-0.05, 0) is 54.0 Å². The van der Waals surface area contributed by atoms with E-state index >= 15 is 0 Å². The molecule has 0 aliphatic heterocycles. The summed E-state index contributed by atoms with van der Waals surface area (Å²) in [6, 6.07) is 9.91. The average Bonchev–Trinajstić information content (AvgIpc) is 2.33. The maximum absolute atomic E-state index is 9.24. The fourth-order valence-electron chi connectivity index (χ4n) is 1.81. The minimum atomic E-state index is 0.567.